The minimum Gasteiger partial charge on any atom is -0.477 e. The van der Waals surface area contributed by atoms with Gasteiger partial charge in [0.1, 0.15) is 11.8 Å². The van der Waals surface area contributed by atoms with E-state index in [-0.39, 0.29) is 11.6 Å². The molecule has 0 saturated heterocycles. The van der Waals surface area contributed by atoms with Crippen molar-refractivity contribution in [1.29, 1.82) is 5.26 Å². The van der Waals surface area contributed by atoms with Crippen molar-refractivity contribution in [3.8, 4) is 11.9 Å². The number of ether oxygens (including phenoxy) is 2. The lowest BCUT2D eigenvalue weighted by atomic mass is 10.1. The van der Waals surface area contributed by atoms with E-state index in [1.165, 1.54) is 0 Å². The van der Waals surface area contributed by atoms with Gasteiger partial charge in [-0.05, 0) is 27.2 Å². The van der Waals surface area contributed by atoms with Crippen molar-refractivity contribution in [2.75, 3.05) is 19.5 Å². The number of hydrogen-bond acceptors (Lipinski definition) is 4. The van der Waals surface area contributed by atoms with E-state index in [1.807, 2.05) is 25.3 Å². The number of anilines is 1. The molecule has 0 radical (unpaired) electrons. The zero-order valence-corrected chi connectivity index (χ0v) is 13.1. The van der Waals surface area contributed by atoms with Gasteiger partial charge in [0.25, 0.3) is 0 Å². The Morgan fingerprint density at radius 2 is 2.15 bits per heavy atom. The Balaban J connectivity index is 2.90. The topological polar surface area (TPSA) is 73.2 Å². The van der Waals surface area contributed by atoms with Gasteiger partial charge in [0.05, 0.1) is 17.9 Å². The lowest BCUT2D eigenvalue weighted by Gasteiger charge is -2.23. The average molecular weight is 279 g/mol. The minimum atomic E-state index is -0.236. The maximum absolute atomic E-state index is 9.19. The van der Waals surface area contributed by atoms with Crippen LogP contribution in [0.25, 0.3) is 0 Å². The van der Waals surface area contributed by atoms with E-state index in [9.17, 15) is 5.26 Å². The molecule has 0 aliphatic heterocycles. The Morgan fingerprint density at radius 1 is 1.50 bits per heavy atom. The summed E-state index contributed by atoms with van der Waals surface area (Å²) in [4.78, 5) is 0. The molecule has 0 amide bonds. The number of aromatic nitrogens is 1. The molecule has 2 N–H and O–H groups in total. The van der Waals surface area contributed by atoms with Gasteiger partial charge >= 0.3 is 0 Å². The minimum absolute atomic E-state index is 0.174. The van der Waals surface area contributed by atoms with Crippen molar-refractivity contribution >= 4 is 5.69 Å². The van der Waals surface area contributed by atoms with Gasteiger partial charge < -0.3 is 15.2 Å². The largest absolute Gasteiger partial charge is 0.477 e. The Hall–Kier alpha value is -1.67. The van der Waals surface area contributed by atoms with Gasteiger partial charge in [-0.2, -0.15) is 5.26 Å². The van der Waals surface area contributed by atoms with Gasteiger partial charge in [0, 0.05) is 25.6 Å². The Labute approximate surface area is 121 Å². The molecule has 1 aromatic heterocycles. The molecule has 1 atom stereocenters. The number of rotatable bonds is 7. The van der Waals surface area contributed by atoms with E-state index in [1.54, 1.807) is 13.2 Å². The van der Waals surface area contributed by atoms with E-state index in [0.717, 1.165) is 12.8 Å². The van der Waals surface area contributed by atoms with Crippen molar-refractivity contribution in [3.05, 3.63) is 11.8 Å². The van der Waals surface area contributed by atoms with Crippen LogP contribution < -0.4 is 10.5 Å². The molecule has 20 heavy (non-hydrogen) atoms. The van der Waals surface area contributed by atoms with Crippen molar-refractivity contribution in [2.24, 2.45) is 0 Å². The second kappa shape index (κ2) is 6.67. The van der Waals surface area contributed by atoms with E-state index in [2.05, 4.69) is 13.0 Å². The van der Waals surface area contributed by atoms with Crippen LogP contribution >= 0.6 is 0 Å². The van der Waals surface area contributed by atoms with Crippen LogP contribution in [-0.4, -0.2) is 23.9 Å². The SMILES string of the molecule is CCC(C)n1c(C#N)cc(N)c1OCCC(C)(C)OC. The third kappa shape index (κ3) is 3.67. The molecule has 112 valence electrons. The number of hydrogen-bond donors (Lipinski definition) is 1. The summed E-state index contributed by atoms with van der Waals surface area (Å²) in [7, 11) is 1.68. The fourth-order valence-corrected chi connectivity index (χ4v) is 1.88. The highest BCUT2D eigenvalue weighted by molar-refractivity contribution is 5.55. The Kier molecular flexibility index (Phi) is 5.46. The quantitative estimate of drug-likeness (QED) is 0.832. The summed E-state index contributed by atoms with van der Waals surface area (Å²) in [6.07, 6.45) is 1.65. The lowest BCUT2D eigenvalue weighted by Crippen LogP contribution is -2.25. The molecule has 1 heterocycles. The highest BCUT2D eigenvalue weighted by Gasteiger charge is 2.20. The van der Waals surface area contributed by atoms with Crippen molar-refractivity contribution in [3.63, 3.8) is 0 Å². The summed E-state index contributed by atoms with van der Waals surface area (Å²) in [5.41, 5.74) is 6.78. The highest BCUT2D eigenvalue weighted by Crippen LogP contribution is 2.31. The summed E-state index contributed by atoms with van der Waals surface area (Å²) in [6, 6.07) is 4.01. The second-order valence-corrected chi connectivity index (χ2v) is 5.59. The van der Waals surface area contributed by atoms with Crippen LogP contribution in [0.15, 0.2) is 6.07 Å². The second-order valence-electron chi connectivity index (χ2n) is 5.59. The molecule has 1 aromatic rings. The molecule has 1 unspecified atom stereocenters. The van der Waals surface area contributed by atoms with Crippen molar-refractivity contribution < 1.29 is 9.47 Å². The number of nitriles is 1. The fourth-order valence-electron chi connectivity index (χ4n) is 1.88. The van der Waals surface area contributed by atoms with Crippen LogP contribution in [0.4, 0.5) is 5.69 Å². The molecule has 5 nitrogen and oxygen atoms in total. The zero-order valence-electron chi connectivity index (χ0n) is 13.1. The predicted octanol–water partition coefficient (Wildman–Crippen LogP) is 3.11. The molecule has 0 bridgehead atoms. The third-order valence-electron chi connectivity index (χ3n) is 3.66. The van der Waals surface area contributed by atoms with Gasteiger partial charge in [-0.1, -0.05) is 6.92 Å². The Morgan fingerprint density at radius 3 is 2.65 bits per heavy atom. The van der Waals surface area contributed by atoms with E-state index < -0.39 is 0 Å². The first-order valence-corrected chi connectivity index (χ1v) is 6.95. The van der Waals surface area contributed by atoms with Gasteiger partial charge in [-0.25, -0.2) is 0 Å². The zero-order chi connectivity index (χ0) is 15.3. The predicted molar refractivity (Wildman–Crippen MR) is 79.8 cm³/mol. The van der Waals surface area contributed by atoms with Crippen LogP contribution in [0.1, 0.15) is 52.3 Å². The van der Waals surface area contributed by atoms with Crippen LogP contribution in [0.3, 0.4) is 0 Å². The number of nitrogen functional groups attached to an aromatic ring is 1. The summed E-state index contributed by atoms with van der Waals surface area (Å²) in [5, 5.41) is 9.19. The molecule has 0 fully saturated rings. The van der Waals surface area contributed by atoms with Gasteiger partial charge in [-0.3, -0.25) is 4.57 Å². The van der Waals surface area contributed by atoms with Gasteiger partial charge in [-0.15, -0.1) is 0 Å². The maximum Gasteiger partial charge on any atom is 0.218 e. The summed E-state index contributed by atoms with van der Waals surface area (Å²) in [5.74, 6) is 0.586. The molecular formula is C15H25N3O2. The molecular weight excluding hydrogens is 254 g/mol. The number of nitrogens with two attached hydrogens (primary N) is 1. The van der Waals surface area contributed by atoms with Crippen molar-refractivity contribution in [2.45, 2.75) is 52.2 Å². The average Bonchev–Trinajstić information content (AvgIpc) is 2.74. The van der Waals surface area contributed by atoms with E-state index >= 15 is 0 Å². The molecule has 0 aliphatic rings. The first-order valence-electron chi connectivity index (χ1n) is 6.95. The monoisotopic (exact) mass is 279 g/mol. The molecule has 5 heteroatoms. The summed E-state index contributed by atoms with van der Waals surface area (Å²) >= 11 is 0. The van der Waals surface area contributed by atoms with Gasteiger partial charge in [0.2, 0.25) is 5.88 Å². The van der Waals surface area contributed by atoms with Crippen LogP contribution in [0.5, 0.6) is 5.88 Å². The number of nitrogens with zero attached hydrogens (tertiary/aromatic N) is 2. The molecule has 0 aromatic carbocycles. The normalized spacial score (nSPS) is 13.0. The van der Waals surface area contributed by atoms with E-state index in [4.69, 9.17) is 15.2 Å². The van der Waals surface area contributed by atoms with Crippen molar-refractivity contribution in [1.82, 2.24) is 4.57 Å². The van der Waals surface area contributed by atoms with Gasteiger partial charge in [0.15, 0.2) is 0 Å². The third-order valence-corrected chi connectivity index (χ3v) is 3.66. The molecule has 1 rings (SSSR count). The van der Waals surface area contributed by atoms with Crippen LogP contribution in [0, 0.1) is 11.3 Å². The first-order chi connectivity index (χ1) is 9.36. The molecule has 0 aliphatic carbocycles. The standard InChI is InChI=1S/C15H25N3O2/c1-6-11(2)18-12(10-16)9-13(17)14(18)20-8-7-15(3,4)19-5/h9,11H,6-8,17H2,1-5H3. The molecule has 0 saturated carbocycles. The fraction of sp³-hybridized carbons (Fsp3) is 0.667. The van der Waals surface area contributed by atoms with Crippen LogP contribution in [0.2, 0.25) is 0 Å². The van der Waals surface area contributed by atoms with E-state index in [0.29, 0.717) is 23.9 Å². The van der Waals surface area contributed by atoms with Crippen LogP contribution in [-0.2, 0) is 4.74 Å². The Bertz CT molecular complexity index is 486. The summed E-state index contributed by atoms with van der Waals surface area (Å²) < 4.78 is 13.0. The number of methoxy groups -OCH3 is 1. The summed E-state index contributed by atoms with van der Waals surface area (Å²) in [6.45, 7) is 8.63. The highest BCUT2D eigenvalue weighted by atomic mass is 16.5. The first kappa shape index (κ1) is 16.4. The lowest BCUT2D eigenvalue weighted by molar-refractivity contribution is 0.00473. The smallest absolute Gasteiger partial charge is 0.218 e. The maximum atomic E-state index is 9.19. The molecule has 0 spiro atoms.